The van der Waals surface area contributed by atoms with Gasteiger partial charge in [0.25, 0.3) is 0 Å². The van der Waals surface area contributed by atoms with Crippen LogP contribution in [0.2, 0.25) is 0 Å². The molecular weight excluding hydrogens is 178 g/mol. The Hall–Kier alpha value is -1.32. The van der Waals surface area contributed by atoms with Gasteiger partial charge in [-0.25, -0.2) is 0 Å². The summed E-state index contributed by atoms with van der Waals surface area (Å²) in [5.41, 5.74) is 0. The Bertz CT molecular complexity index is 265. The Morgan fingerprint density at radius 2 is 2.21 bits per heavy atom. The fraction of sp³-hybridized carbons (Fsp3) is 0.600. The van der Waals surface area contributed by atoms with Gasteiger partial charge in [-0.2, -0.15) is 5.10 Å². The van der Waals surface area contributed by atoms with Gasteiger partial charge in [-0.3, -0.25) is 9.48 Å². The van der Waals surface area contributed by atoms with Crippen molar-refractivity contribution in [2.75, 3.05) is 0 Å². The molecule has 14 heavy (non-hydrogen) atoms. The number of carbonyl (C=O) groups excluding carboxylic acids is 1. The van der Waals surface area contributed by atoms with Crippen molar-refractivity contribution in [1.29, 1.82) is 0 Å². The van der Waals surface area contributed by atoms with Crippen LogP contribution in [0.4, 0.5) is 0 Å². The van der Waals surface area contributed by atoms with Crippen LogP contribution in [0.5, 0.6) is 0 Å². The molecule has 1 aromatic rings. The minimum Gasteiger partial charge on any atom is -0.352 e. The second-order valence-electron chi connectivity index (χ2n) is 3.28. The van der Waals surface area contributed by atoms with E-state index in [4.69, 9.17) is 0 Å². The molecule has 4 heteroatoms. The minimum atomic E-state index is 0.0300. The summed E-state index contributed by atoms with van der Waals surface area (Å²) in [6.45, 7) is 4.45. The molecule has 1 amide bonds. The second kappa shape index (κ2) is 5.42. The molecule has 0 aliphatic rings. The van der Waals surface area contributed by atoms with E-state index in [9.17, 15) is 4.79 Å². The summed E-state index contributed by atoms with van der Waals surface area (Å²) in [5, 5.41) is 6.93. The highest BCUT2D eigenvalue weighted by Gasteiger charge is 2.08. The molecule has 78 valence electrons. The Morgan fingerprint density at radius 1 is 1.50 bits per heavy atom. The van der Waals surface area contributed by atoms with Crippen LogP contribution in [-0.2, 0) is 11.3 Å². The monoisotopic (exact) mass is 195 g/mol. The third kappa shape index (κ3) is 3.20. The van der Waals surface area contributed by atoms with Gasteiger partial charge in [0.15, 0.2) is 0 Å². The highest BCUT2D eigenvalue weighted by atomic mass is 16.2. The van der Waals surface area contributed by atoms with Crippen LogP contribution in [-0.4, -0.2) is 21.7 Å². The van der Waals surface area contributed by atoms with Crippen LogP contribution in [0.3, 0.4) is 0 Å². The van der Waals surface area contributed by atoms with Crippen molar-refractivity contribution in [3.8, 4) is 0 Å². The van der Waals surface area contributed by atoms with E-state index in [2.05, 4.69) is 24.3 Å². The van der Waals surface area contributed by atoms with E-state index in [1.165, 1.54) is 0 Å². The van der Waals surface area contributed by atoms with Gasteiger partial charge in [0.05, 0.1) is 0 Å². The number of amides is 1. The molecule has 0 radical (unpaired) electrons. The minimum absolute atomic E-state index is 0.0300. The van der Waals surface area contributed by atoms with Gasteiger partial charge in [-0.15, -0.1) is 0 Å². The molecular formula is C10H17N3O. The van der Waals surface area contributed by atoms with Crippen LogP contribution in [0.1, 0.15) is 26.7 Å². The number of nitrogens with zero attached hydrogens (tertiary/aromatic N) is 2. The third-order valence-electron chi connectivity index (χ3n) is 2.22. The van der Waals surface area contributed by atoms with Gasteiger partial charge in [0.1, 0.15) is 6.54 Å². The SMILES string of the molecule is CCC(CC)NC(=O)Cn1cccn1. The van der Waals surface area contributed by atoms with Crippen LogP contribution >= 0.6 is 0 Å². The van der Waals surface area contributed by atoms with Crippen LogP contribution in [0.15, 0.2) is 18.5 Å². The number of hydrogen-bond acceptors (Lipinski definition) is 2. The maximum absolute atomic E-state index is 11.5. The van der Waals surface area contributed by atoms with Crippen molar-refractivity contribution in [1.82, 2.24) is 15.1 Å². The van der Waals surface area contributed by atoms with Crippen molar-refractivity contribution in [2.24, 2.45) is 0 Å². The molecule has 1 aromatic heterocycles. The lowest BCUT2D eigenvalue weighted by Crippen LogP contribution is -2.36. The molecule has 0 bridgehead atoms. The van der Waals surface area contributed by atoms with Crippen molar-refractivity contribution in [3.63, 3.8) is 0 Å². The molecule has 0 spiro atoms. The molecule has 1 N–H and O–H groups in total. The van der Waals surface area contributed by atoms with E-state index in [0.717, 1.165) is 12.8 Å². The topological polar surface area (TPSA) is 46.9 Å². The highest BCUT2D eigenvalue weighted by Crippen LogP contribution is 1.96. The number of carbonyl (C=O) groups is 1. The Kier molecular flexibility index (Phi) is 4.16. The summed E-state index contributed by atoms with van der Waals surface area (Å²) in [4.78, 5) is 11.5. The Labute approximate surface area is 84.3 Å². The summed E-state index contributed by atoms with van der Waals surface area (Å²) in [5.74, 6) is 0.0300. The average molecular weight is 195 g/mol. The lowest BCUT2D eigenvalue weighted by atomic mass is 10.2. The van der Waals surface area contributed by atoms with Crippen molar-refractivity contribution < 1.29 is 4.79 Å². The lowest BCUT2D eigenvalue weighted by Gasteiger charge is -2.14. The maximum atomic E-state index is 11.5. The first-order valence-electron chi connectivity index (χ1n) is 5.03. The molecule has 0 saturated carbocycles. The second-order valence-corrected chi connectivity index (χ2v) is 3.28. The first-order chi connectivity index (χ1) is 6.76. The van der Waals surface area contributed by atoms with E-state index in [-0.39, 0.29) is 11.9 Å². The quantitative estimate of drug-likeness (QED) is 0.767. The molecule has 0 aliphatic heterocycles. The molecule has 0 unspecified atom stereocenters. The third-order valence-corrected chi connectivity index (χ3v) is 2.22. The predicted molar refractivity (Wildman–Crippen MR) is 54.7 cm³/mol. The Balaban J connectivity index is 2.35. The first kappa shape index (κ1) is 10.8. The summed E-state index contributed by atoms with van der Waals surface area (Å²) in [6, 6.07) is 2.10. The summed E-state index contributed by atoms with van der Waals surface area (Å²) in [7, 11) is 0. The molecule has 0 atom stereocenters. The zero-order valence-electron chi connectivity index (χ0n) is 8.73. The largest absolute Gasteiger partial charge is 0.352 e. The molecule has 0 saturated heterocycles. The van der Waals surface area contributed by atoms with E-state index >= 15 is 0 Å². The van der Waals surface area contributed by atoms with Crippen molar-refractivity contribution in [2.45, 2.75) is 39.3 Å². The number of hydrogen-bond donors (Lipinski definition) is 1. The predicted octanol–water partition coefficient (Wildman–Crippen LogP) is 1.19. The molecule has 1 heterocycles. The smallest absolute Gasteiger partial charge is 0.241 e. The van der Waals surface area contributed by atoms with Gasteiger partial charge in [-0.05, 0) is 18.9 Å². The standard InChI is InChI=1S/C10H17N3O/c1-3-9(4-2)12-10(14)8-13-7-5-6-11-13/h5-7,9H,3-4,8H2,1-2H3,(H,12,14). The average Bonchev–Trinajstić information content (AvgIpc) is 2.66. The maximum Gasteiger partial charge on any atom is 0.241 e. The zero-order valence-corrected chi connectivity index (χ0v) is 8.73. The van der Waals surface area contributed by atoms with E-state index in [0.29, 0.717) is 6.54 Å². The van der Waals surface area contributed by atoms with Gasteiger partial charge >= 0.3 is 0 Å². The molecule has 0 aromatic carbocycles. The van der Waals surface area contributed by atoms with Crippen molar-refractivity contribution >= 4 is 5.91 Å². The lowest BCUT2D eigenvalue weighted by molar-refractivity contribution is -0.122. The van der Waals surface area contributed by atoms with Crippen LogP contribution < -0.4 is 5.32 Å². The molecule has 0 fully saturated rings. The Morgan fingerprint density at radius 3 is 2.71 bits per heavy atom. The van der Waals surface area contributed by atoms with Gasteiger partial charge in [0, 0.05) is 18.4 Å². The number of nitrogens with one attached hydrogen (secondary N) is 1. The van der Waals surface area contributed by atoms with E-state index < -0.39 is 0 Å². The summed E-state index contributed by atoms with van der Waals surface area (Å²) < 4.78 is 1.62. The van der Waals surface area contributed by atoms with Crippen LogP contribution in [0, 0.1) is 0 Å². The zero-order chi connectivity index (χ0) is 10.4. The summed E-state index contributed by atoms with van der Waals surface area (Å²) >= 11 is 0. The normalized spacial score (nSPS) is 10.5. The van der Waals surface area contributed by atoms with Crippen molar-refractivity contribution in [3.05, 3.63) is 18.5 Å². The van der Waals surface area contributed by atoms with E-state index in [1.807, 2.05) is 6.07 Å². The number of aromatic nitrogens is 2. The van der Waals surface area contributed by atoms with Gasteiger partial charge in [0.2, 0.25) is 5.91 Å². The van der Waals surface area contributed by atoms with Crippen LogP contribution in [0.25, 0.3) is 0 Å². The highest BCUT2D eigenvalue weighted by molar-refractivity contribution is 5.75. The molecule has 4 nitrogen and oxygen atoms in total. The summed E-state index contributed by atoms with van der Waals surface area (Å²) in [6.07, 6.45) is 5.40. The van der Waals surface area contributed by atoms with E-state index in [1.54, 1.807) is 17.1 Å². The fourth-order valence-corrected chi connectivity index (χ4v) is 1.31. The van der Waals surface area contributed by atoms with Gasteiger partial charge < -0.3 is 5.32 Å². The van der Waals surface area contributed by atoms with Gasteiger partial charge in [-0.1, -0.05) is 13.8 Å². The molecule has 0 aliphatic carbocycles. The first-order valence-corrected chi connectivity index (χ1v) is 5.03. The molecule has 1 rings (SSSR count). The number of rotatable bonds is 5. The fourth-order valence-electron chi connectivity index (χ4n) is 1.31.